The van der Waals surface area contributed by atoms with Gasteiger partial charge in [-0.1, -0.05) is 44.2 Å². The molecule has 1 N–H and O–H groups in total. The normalized spacial score (nSPS) is 12.1. The molecule has 5 nitrogen and oxygen atoms in total. The summed E-state index contributed by atoms with van der Waals surface area (Å²) in [5.41, 5.74) is 2.22. The van der Waals surface area contributed by atoms with Crippen molar-refractivity contribution in [2.75, 3.05) is 34.4 Å². The van der Waals surface area contributed by atoms with E-state index in [0.717, 1.165) is 22.6 Å². The van der Waals surface area contributed by atoms with E-state index < -0.39 is 0 Å². The molecule has 1 unspecified atom stereocenters. The molecule has 0 radical (unpaired) electrons. The number of para-hydroxylation sites is 1. The van der Waals surface area contributed by atoms with Crippen LogP contribution in [-0.4, -0.2) is 45.2 Å². The molecule has 0 aliphatic carbocycles. The third-order valence-corrected chi connectivity index (χ3v) is 4.52. The van der Waals surface area contributed by atoms with E-state index in [0.29, 0.717) is 12.5 Å². The van der Waals surface area contributed by atoms with Crippen LogP contribution in [0.2, 0.25) is 0 Å². The second-order valence-corrected chi connectivity index (χ2v) is 7.04. The van der Waals surface area contributed by atoms with Crippen LogP contribution in [0.3, 0.4) is 0 Å². The van der Waals surface area contributed by atoms with E-state index in [1.807, 2.05) is 62.6 Å². The Balaban J connectivity index is 1.92. The maximum absolute atomic E-state index is 12.3. The van der Waals surface area contributed by atoms with Crippen molar-refractivity contribution in [2.24, 2.45) is 0 Å². The Morgan fingerprint density at radius 1 is 1.07 bits per heavy atom. The zero-order chi connectivity index (χ0) is 19.8. The van der Waals surface area contributed by atoms with E-state index in [1.54, 1.807) is 7.11 Å². The number of amides is 1. The molecular weight excluding hydrogens is 340 g/mol. The molecule has 5 heteroatoms. The highest BCUT2D eigenvalue weighted by Crippen LogP contribution is 2.25. The minimum atomic E-state index is -0.131. The van der Waals surface area contributed by atoms with Gasteiger partial charge in [-0.3, -0.25) is 4.79 Å². The number of rotatable bonds is 9. The van der Waals surface area contributed by atoms with Crippen molar-refractivity contribution in [3.8, 4) is 11.5 Å². The molecule has 0 aliphatic heterocycles. The highest BCUT2D eigenvalue weighted by Gasteiger charge is 2.16. The van der Waals surface area contributed by atoms with Crippen molar-refractivity contribution in [3.63, 3.8) is 0 Å². The zero-order valence-corrected chi connectivity index (χ0v) is 16.9. The molecule has 0 saturated heterocycles. The van der Waals surface area contributed by atoms with Crippen LogP contribution in [0.4, 0.5) is 0 Å². The number of carbonyl (C=O) groups is 1. The topological polar surface area (TPSA) is 50.8 Å². The number of carbonyl (C=O) groups excluding carboxylic acids is 1. The molecule has 27 heavy (non-hydrogen) atoms. The van der Waals surface area contributed by atoms with Crippen LogP contribution >= 0.6 is 0 Å². The molecule has 0 spiro atoms. The fourth-order valence-electron chi connectivity index (χ4n) is 2.92. The second-order valence-electron chi connectivity index (χ2n) is 7.04. The molecule has 0 aliphatic rings. The van der Waals surface area contributed by atoms with E-state index in [9.17, 15) is 4.79 Å². The number of nitrogens with one attached hydrogen (secondary N) is 1. The Morgan fingerprint density at radius 3 is 2.33 bits per heavy atom. The van der Waals surface area contributed by atoms with Crippen molar-refractivity contribution in [1.29, 1.82) is 0 Å². The largest absolute Gasteiger partial charge is 0.497 e. The number of likely N-dealkylation sites (N-methyl/N-ethyl adjacent to an activating group) is 1. The second kappa shape index (κ2) is 9.97. The van der Waals surface area contributed by atoms with Crippen LogP contribution in [0, 0.1) is 0 Å². The van der Waals surface area contributed by atoms with Gasteiger partial charge in [-0.25, -0.2) is 0 Å². The van der Waals surface area contributed by atoms with Gasteiger partial charge in [-0.05, 0) is 49.3 Å². The van der Waals surface area contributed by atoms with Gasteiger partial charge in [-0.15, -0.1) is 0 Å². The summed E-state index contributed by atoms with van der Waals surface area (Å²) in [4.78, 5) is 14.4. The molecule has 146 valence electrons. The van der Waals surface area contributed by atoms with Gasteiger partial charge in [0.25, 0.3) is 5.91 Å². The number of hydrogen-bond acceptors (Lipinski definition) is 4. The third kappa shape index (κ3) is 6.00. The number of nitrogens with zero attached hydrogens (tertiary/aromatic N) is 1. The first-order chi connectivity index (χ1) is 12.9. The van der Waals surface area contributed by atoms with Crippen molar-refractivity contribution in [3.05, 3.63) is 59.7 Å². The van der Waals surface area contributed by atoms with Crippen molar-refractivity contribution >= 4 is 5.91 Å². The Labute approximate surface area is 162 Å². The highest BCUT2D eigenvalue weighted by atomic mass is 16.5. The highest BCUT2D eigenvalue weighted by molar-refractivity contribution is 5.77. The molecule has 2 rings (SSSR count). The summed E-state index contributed by atoms with van der Waals surface area (Å²) in [6.45, 7) is 4.73. The van der Waals surface area contributed by atoms with E-state index in [1.165, 1.54) is 0 Å². The van der Waals surface area contributed by atoms with Gasteiger partial charge < -0.3 is 19.7 Å². The molecule has 0 bridgehead atoms. The lowest BCUT2D eigenvalue weighted by Gasteiger charge is -2.25. The predicted octanol–water partition coefficient (Wildman–Crippen LogP) is 3.62. The maximum atomic E-state index is 12.3. The number of methoxy groups -OCH3 is 1. The van der Waals surface area contributed by atoms with Crippen molar-refractivity contribution in [2.45, 2.75) is 25.8 Å². The maximum Gasteiger partial charge on any atom is 0.258 e. The first kappa shape index (κ1) is 20.8. The van der Waals surface area contributed by atoms with Gasteiger partial charge in [-0.2, -0.15) is 0 Å². The summed E-state index contributed by atoms with van der Waals surface area (Å²) >= 11 is 0. The van der Waals surface area contributed by atoms with Crippen LogP contribution in [-0.2, 0) is 4.79 Å². The standard InChI is InChI=1S/C22H30N2O3/c1-16(2)19-8-6-7-9-21(19)27-15-22(25)23-14-20(24(3)4)17-10-12-18(26-5)13-11-17/h6-13,16,20H,14-15H2,1-5H3,(H,23,25). The molecular formula is C22H30N2O3. The molecule has 2 aromatic rings. The molecule has 0 saturated carbocycles. The smallest absolute Gasteiger partial charge is 0.258 e. The lowest BCUT2D eigenvalue weighted by atomic mass is 10.0. The van der Waals surface area contributed by atoms with Crippen LogP contribution in [0.25, 0.3) is 0 Å². The minimum Gasteiger partial charge on any atom is -0.497 e. The number of benzene rings is 2. The van der Waals surface area contributed by atoms with Crippen molar-refractivity contribution in [1.82, 2.24) is 10.2 Å². The molecule has 1 atom stereocenters. The molecule has 0 aromatic heterocycles. The quantitative estimate of drug-likeness (QED) is 0.732. The van der Waals surface area contributed by atoms with Gasteiger partial charge >= 0.3 is 0 Å². The van der Waals surface area contributed by atoms with Crippen molar-refractivity contribution < 1.29 is 14.3 Å². The van der Waals surface area contributed by atoms with Gasteiger partial charge in [0.1, 0.15) is 11.5 Å². The molecule has 1 amide bonds. The predicted molar refractivity (Wildman–Crippen MR) is 108 cm³/mol. The van der Waals surface area contributed by atoms with Gasteiger partial charge in [0.15, 0.2) is 6.61 Å². The summed E-state index contributed by atoms with van der Waals surface area (Å²) in [6.07, 6.45) is 0. The van der Waals surface area contributed by atoms with E-state index in [-0.39, 0.29) is 18.6 Å². The Morgan fingerprint density at radius 2 is 1.74 bits per heavy atom. The summed E-state index contributed by atoms with van der Waals surface area (Å²) in [6, 6.07) is 15.8. The van der Waals surface area contributed by atoms with E-state index in [4.69, 9.17) is 9.47 Å². The number of hydrogen-bond donors (Lipinski definition) is 1. The summed E-state index contributed by atoms with van der Waals surface area (Å²) in [7, 11) is 5.64. The van der Waals surface area contributed by atoms with Crippen LogP contribution in [0.15, 0.2) is 48.5 Å². The Kier molecular flexibility index (Phi) is 7.67. The molecule has 0 heterocycles. The van der Waals surface area contributed by atoms with Gasteiger partial charge in [0.05, 0.1) is 13.2 Å². The minimum absolute atomic E-state index is 0.00644. The lowest BCUT2D eigenvalue weighted by Crippen LogP contribution is -2.36. The summed E-state index contributed by atoms with van der Waals surface area (Å²) < 4.78 is 11.0. The van der Waals surface area contributed by atoms with E-state index >= 15 is 0 Å². The fraction of sp³-hybridized carbons (Fsp3) is 0.409. The fourth-order valence-corrected chi connectivity index (χ4v) is 2.92. The van der Waals surface area contributed by atoms with Crippen LogP contribution < -0.4 is 14.8 Å². The summed E-state index contributed by atoms with van der Waals surface area (Å²) in [5, 5.41) is 2.97. The summed E-state index contributed by atoms with van der Waals surface area (Å²) in [5.74, 6) is 1.80. The third-order valence-electron chi connectivity index (χ3n) is 4.52. The Hall–Kier alpha value is -2.53. The molecule has 0 fully saturated rings. The van der Waals surface area contributed by atoms with Gasteiger partial charge in [0, 0.05) is 6.54 Å². The number of ether oxygens (including phenoxy) is 2. The zero-order valence-electron chi connectivity index (χ0n) is 16.9. The first-order valence-electron chi connectivity index (χ1n) is 9.21. The first-order valence-corrected chi connectivity index (χ1v) is 9.21. The van der Waals surface area contributed by atoms with Gasteiger partial charge in [0.2, 0.25) is 0 Å². The van der Waals surface area contributed by atoms with Crippen LogP contribution in [0.5, 0.6) is 11.5 Å². The van der Waals surface area contributed by atoms with E-state index in [2.05, 4.69) is 24.1 Å². The van der Waals surface area contributed by atoms with Crippen LogP contribution in [0.1, 0.15) is 36.9 Å². The Bertz CT molecular complexity index is 727. The molecule has 2 aromatic carbocycles. The average Bonchev–Trinajstić information content (AvgIpc) is 2.67. The SMILES string of the molecule is COc1ccc(C(CNC(=O)COc2ccccc2C(C)C)N(C)C)cc1. The lowest BCUT2D eigenvalue weighted by molar-refractivity contribution is -0.123. The average molecular weight is 370 g/mol. The monoisotopic (exact) mass is 370 g/mol.